The van der Waals surface area contributed by atoms with Gasteiger partial charge in [-0.2, -0.15) is 0 Å². The van der Waals surface area contributed by atoms with E-state index in [1.165, 1.54) is 17.0 Å². The van der Waals surface area contributed by atoms with Gasteiger partial charge in [0.25, 0.3) is 10.0 Å². The van der Waals surface area contributed by atoms with Gasteiger partial charge in [0.1, 0.15) is 12.6 Å². The maximum atomic E-state index is 14.5. The van der Waals surface area contributed by atoms with Crippen molar-refractivity contribution in [3.63, 3.8) is 0 Å². The summed E-state index contributed by atoms with van der Waals surface area (Å²) in [6, 6.07) is 29.3. The molecule has 0 bridgehead atoms. The molecule has 0 spiro atoms. The number of amides is 2. The number of rotatable bonds is 14. The minimum Gasteiger partial charge on any atom is -0.354 e. The van der Waals surface area contributed by atoms with Crippen molar-refractivity contribution < 1.29 is 18.0 Å². The molecule has 0 saturated heterocycles. The van der Waals surface area contributed by atoms with E-state index in [0.717, 1.165) is 33.8 Å². The Bertz CT molecular complexity index is 1680. The summed E-state index contributed by atoms with van der Waals surface area (Å²) in [5.41, 5.74) is 3.70. The third-order valence-corrected chi connectivity index (χ3v) is 9.62. The van der Waals surface area contributed by atoms with Gasteiger partial charge < -0.3 is 10.2 Å². The highest BCUT2D eigenvalue weighted by Gasteiger charge is 2.35. The van der Waals surface area contributed by atoms with Gasteiger partial charge in [0.15, 0.2) is 0 Å². The average Bonchev–Trinajstić information content (AvgIpc) is 3.03. The number of benzene rings is 4. The molecule has 1 N–H and O–H groups in total. The van der Waals surface area contributed by atoms with E-state index in [4.69, 9.17) is 11.6 Å². The average molecular weight is 646 g/mol. The molecule has 4 aromatic rings. The lowest BCUT2D eigenvalue weighted by molar-refractivity contribution is -0.140. The van der Waals surface area contributed by atoms with E-state index in [-0.39, 0.29) is 23.8 Å². The number of carbonyl (C=O) groups is 2. The maximum absolute atomic E-state index is 14.5. The molecule has 0 aliphatic heterocycles. The van der Waals surface area contributed by atoms with Crippen molar-refractivity contribution in [3.05, 3.63) is 130 Å². The van der Waals surface area contributed by atoms with Crippen LogP contribution in [0.4, 0.5) is 5.69 Å². The molecule has 7 nitrogen and oxygen atoms in total. The van der Waals surface area contributed by atoms with Crippen LogP contribution in [0.3, 0.4) is 0 Å². The van der Waals surface area contributed by atoms with Crippen LogP contribution < -0.4 is 9.62 Å². The lowest BCUT2D eigenvalue weighted by atomic mass is 10.0. The summed E-state index contributed by atoms with van der Waals surface area (Å²) < 4.78 is 29.4. The van der Waals surface area contributed by atoms with Crippen LogP contribution in [-0.4, -0.2) is 44.3 Å². The van der Waals surface area contributed by atoms with Gasteiger partial charge >= 0.3 is 0 Å². The Morgan fingerprint density at radius 3 is 2.11 bits per heavy atom. The Labute approximate surface area is 271 Å². The third kappa shape index (κ3) is 8.96. The molecule has 9 heteroatoms. The SMILES string of the molecule is CCCCNC(=O)[C@H](Cc1ccccc1)N(Cc1ccc(C)cc1)C(=O)CN(c1ccc(Cl)cc1C)S(=O)(=O)c1ccccc1. The summed E-state index contributed by atoms with van der Waals surface area (Å²) in [4.78, 5) is 29.9. The van der Waals surface area contributed by atoms with Crippen molar-refractivity contribution in [2.45, 2.75) is 57.5 Å². The standard InChI is InChI=1S/C36H40ClN3O4S/c1-4-5-22-38-36(42)34(24-29-12-8-6-9-13-29)39(25-30-18-16-27(2)17-19-30)35(41)26-40(33-21-20-31(37)23-28(33)3)45(43,44)32-14-10-7-11-15-32/h6-21,23,34H,4-5,22,24-26H2,1-3H3,(H,38,42)/t34-/m0/s1. The number of aryl methyl sites for hydroxylation is 2. The molecular weight excluding hydrogens is 606 g/mol. The van der Waals surface area contributed by atoms with Crippen molar-refractivity contribution in [1.82, 2.24) is 10.2 Å². The lowest BCUT2D eigenvalue weighted by Crippen LogP contribution is -2.53. The molecule has 0 aliphatic carbocycles. The first-order valence-corrected chi connectivity index (χ1v) is 16.9. The highest BCUT2D eigenvalue weighted by atomic mass is 35.5. The Morgan fingerprint density at radius 2 is 1.49 bits per heavy atom. The highest BCUT2D eigenvalue weighted by Crippen LogP contribution is 2.29. The molecule has 4 rings (SSSR count). The van der Waals surface area contributed by atoms with Gasteiger partial charge in [0.2, 0.25) is 11.8 Å². The molecule has 0 saturated carbocycles. The predicted molar refractivity (Wildman–Crippen MR) is 181 cm³/mol. The molecule has 2 amide bonds. The van der Waals surface area contributed by atoms with Gasteiger partial charge in [-0.3, -0.25) is 13.9 Å². The zero-order valence-corrected chi connectivity index (χ0v) is 27.5. The first-order chi connectivity index (χ1) is 21.6. The number of hydrogen-bond acceptors (Lipinski definition) is 4. The molecule has 236 valence electrons. The van der Waals surface area contributed by atoms with Gasteiger partial charge in [0, 0.05) is 24.5 Å². The van der Waals surface area contributed by atoms with Crippen LogP contribution in [0, 0.1) is 13.8 Å². The largest absolute Gasteiger partial charge is 0.354 e. The van der Waals surface area contributed by atoms with Crippen LogP contribution in [0.25, 0.3) is 0 Å². The Kier molecular flexibility index (Phi) is 11.8. The molecule has 0 aliphatic rings. The van der Waals surface area contributed by atoms with Crippen molar-refractivity contribution in [3.8, 4) is 0 Å². The predicted octanol–water partition coefficient (Wildman–Crippen LogP) is 6.71. The summed E-state index contributed by atoms with van der Waals surface area (Å²) in [6.07, 6.45) is 1.97. The van der Waals surface area contributed by atoms with Gasteiger partial charge in [0.05, 0.1) is 10.6 Å². The first kappa shape index (κ1) is 33.7. The number of sulfonamides is 1. The summed E-state index contributed by atoms with van der Waals surface area (Å²) in [7, 11) is -4.18. The number of nitrogens with one attached hydrogen (secondary N) is 1. The molecule has 4 aromatic carbocycles. The number of carbonyl (C=O) groups excluding carboxylic acids is 2. The van der Waals surface area contributed by atoms with E-state index in [0.29, 0.717) is 22.8 Å². The minimum atomic E-state index is -4.18. The zero-order chi connectivity index (χ0) is 32.4. The number of halogens is 1. The van der Waals surface area contributed by atoms with E-state index in [1.54, 1.807) is 43.3 Å². The van der Waals surface area contributed by atoms with Crippen molar-refractivity contribution in [2.24, 2.45) is 0 Å². The van der Waals surface area contributed by atoms with Crippen LogP contribution in [0.2, 0.25) is 5.02 Å². The smallest absolute Gasteiger partial charge is 0.264 e. The summed E-state index contributed by atoms with van der Waals surface area (Å²) in [5, 5.41) is 3.46. The highest BCUT2D eigenvalue weighted by molar-refractivity contribution is 7.92. The quantitative estimate of drug-likeness (QED) is 0.155. The van der Waals surface area contributed by atoms with Crippen LogP contribution in [0.1, 0.15) is 42.0 Å². The topological polar surface area (TPSA) is 86.8 Å². The van der Waals surface area contributed by atoms with E-state index < -0.39 is 28.5 Å². The van der Waals surface area contributed by atoms with Crippen LogP contribution in [0.15, 0.2) is 108 Å². The summed E-state index contributed by atoms with van der Waals surface area (Å²) >= 11 is 6.23. The molecular formula is C36H40ClN3O4S. The molecule has 45 heavy (non-hydrogen) atoms. The van der Waals surface area contributed by atoms with Crippen LogP contribution in [-0.2, 0) is 32.6 Å². The number of anilines is 1. The fourth-order valence-corrected chi connectivity index (χ4v) is 6.81. The van der Waals surface area contributed by atoms with Crippen molar-refractivity contribution in [1.29, 1.82) is 0 Å². The van der Waals surface area contributed by atoms with Gasteiger partial charge in [-0.15, -0.1) is 0 Å². The van der Waals surface area contributed by atoms with Crippen molar-refractivity contribution in [2.75, 3.05) is 17.4 Å². The molecule has 0 radical (unpaired) electrons. The van der Waals surface area contributed by atoms with Crippen LogP contribution in [0.5, 0.6) is 0 Å². The summed E-state index contributed by atoms with van der Waals surface area (Å²) in [6.45, 7) is 5.86. The fourth-order valence-electron chi connectivity index (χ4n) is 5.08. The van der Waals surface area contributed by atoms with E-state index >= 15 is 0 Å². The van der Waals surface area contributed by atoms with Gasteiger partial charge in [-0.05, 0) is 67.3 Å². The third-order valence-electron chi connectivity index (χ3n) is 7.61. The minimum absolute atomic E-state index is 0.0513. The number of unbranched alkanes of at least 4 members (excludes halogenated alkanes) is 1. The van der Waals surface area contributed by atoms with E-state index in [9.17, 15) is 18.0 Å². The van der Waals surface area contributed by atoms with E-state index in [2.05, 4.69) is 5.32 Å². The monoisotopic (exact) mass is 645 g/mol. The number of nitrogens with zero attached hydrogens (tertiary/aromatic N) is 2. The molecule has 1 atom stereocenters. The Morgan fingerprint density at radius 1 is 0.844 bits per heavy atom. The van der Waals surface area contributed by atoms with Crippen molar-refractivity contribution >= 4 is 39.1 Å². The second kappa shape index (κ2) is 15.7. The Balaban J connectivity index is 1.80. The van der Waals surface area contributed by atoms with Crippen LogP contribution >= 0.6 is 11.6 Å². The fraction of sp³-hybridized carbons (Fsp3) is 0.278. The maximum Gasteiger partial charge on any atom is 0.264 e. The molecule has 0 aromatic heterocycles. The molecule has 0 unspecified atom stereocenters. The van der Waals surface area contributed by atoms with Gasteiger partial charge in [-0.25, -0.2) is 8.42 Å². The second-order valence-corrected chi connectivity index (χ2v) is 13.4. The normalized spacial score (nSPS) is 11.9. The lowest BCUT2D eigenvalue weighted by Gasteiger charge is -2.34. The van der Waals surface area contributed by atoms with Gasteiger partial charge in [-0.1, -0.05) is 103 Å². The molecule has 0 fully saturated rings. The number of hydrogen-bond donors (Lipinski definition) is 1. The summed E-state index contributed by atoms with van der Waals surface area (Å²) in [5.74, 6) is -0.788. The second-order valence-electron chi connectivity index (χ2n) is 11.1. The Hall–Kier alpha value is -4.14. The first-order valence-electron chi connectivity index (χ1n) is 15.1. The van der Waals surface area contributed by atoms with E-state index in [1.807, 2.05) is 68.4 Å². The zero-order valence-electron chi connectivity index (χ0n) is 25.9. The molecule has 0 heterocycles.